The predicted molar refractivity (Wildman–Crippen MR) is 159 cm³/mol. The molecule has 3 aromatic carbocycles. The Morgan fingerprint density at radius 2 is 1.59 bits per heavy atom. The summed E-state index contributed by atoms with van der Waals surface area (Å²) in [5, 5.41) is 13.5. The average Bonchev–Trinajstić information content (AvgIpc) is 3.28. The van der Waals surface area contributed by atoms with Crippen LogP contribution in [0.4, 0.5) is 5.69 Å². The van der Waals surface area contributed by atoms with Crippen LogP contribution in [-0.2, 0) is 4.79 Å². The van der Waals surface area contributed by atoms with E-state index < -0.39 is 11.5 Å². The molecule has 9 nitrogen and oxygen atoms in total. The van der Waals surface area contributed by atoms with Crippen LogP contribution in [0, 0.1) is 11.3 Å². The molecule has 0 spiro atoms. The van der Waals surface area contributed by atoms with Crippen molar-refractivity contribution in [1.82, 2.24) is 4.57 Å². The van der Waals surface area contributed by atoms with E-state index in [4.69, 9.17) is 42.1 Å². The molecule has 4 rings (SSSR count). The quantitative estimate of drug-likeness (QED) is 0.315. The van der Waals surface area contributed by atoms with E-state index >= 15 is 0 Å². The van der Waals surface area contributed by atoms with Crippen molar-refractivity contribution in [3.63, 3.8) is 0 Å². The van der Waals surface area contributed by atoms with Crippen molar-refractivity contribution in [1.29, 1.82) is 5.26 Å². The van der Waals surface area contributed by atoms with Gasteiger partial charge in [0.15, 0.2) is 17.1 Å². The molecule has 210 valence electrons. The molecular formula is C29H23Cl2N3O6S. The molecule has 1 amide bonds. The summed E-state index contributed by atoms with van der Waals surface area (Å²) in [6.07, 6.45) is 1.60. The largest absolute Gasteiger partial charge is 0.495 e. The number of halogens is 2. The van der Waals surface area contributed by atoms with Crippen LogP contribution in [0.1, 0.15) is 5.56 Å². The third-order valence-electron chi connectivity index (χ3n) is 5.89. The fourth-order valence-electron chi connectivity index (χ4n) is 3.99. The lowest BCUT2D eigenvalue weighted by Crippen LogP contribution is -2.32. The number of anilines is 1. The number of nitriles is 1. The first-order valence-electron chi connectivity index (χ1n) is 11.8. The van der Waals surface area contributed by atoms with Gasteiger partial charge in [0.25, 0.3) is 11.5 Å². The van der Waals surface area contributed by atoms with Crippen LogP contribution >= 0.6 is 34.5 Å². The van der Waals surface area contributed by atoms with E-state index in [1.807, 2.05) is 6.07 Å². The Kier molecular flexibility index (Phi) is 9.24. The number of nitrogens with one attached hydrogen (secondary N) is 1. The standard InChI is InChI=1S/C29H23Cl2N3O6S/c1-37-22-12-8-18(14-21(22)31)33-27(35)20(15-32)29-34(19-9-6-17(30)7-10-19)28(36)24(41-29)13-16-5-11-23(38-2)26(40-4)25(16)39-3/h5-14H,1-4H3,(H,33,35)/b24-13-,29-20+. The van der Waals surface area contributed by atoms with Gasteiger partial charge in [0.1, 0.15) is 16.5 Å². The molecule has 0 radical (unpaired) electrons. The Morgan fingerprint density at radius 1 is 0.927 bits per heavy atom. The molecule has 0 aliphatic heterocycles. The lowest BCUT2D eigenvalue weighted by Gasteiger charge is -2.13. The first-order valence-corrected chi connectivity index (χ1v) is 13.4. The van der Waals surface area contributed by atoms with Crippen LogP contribution in [-0.4, -0.2) is 38.9 Å². The lowest BCUT2D eigenvalue weighted by atomic mass is 10.1. The molecule has 0 fully saturated rings. The second-order valence-electron chi connectivity index (χ2n) is 8.25. The molecule has 41 heavy (non-hydrogen) atoms. The minimum atomic E-state index is -0.729. The highest BCUT2D eigenvalue weighted by Gasteiger charge is 2.19. The molecule has 0 bridgehead atoms. The first-order chi connectivity index (χ1) is 19.8. The summed E-state index contributed by atoms with van der Waals surface area (Å²) >= 11 is 13.2. The number of carbonyl (C=O) groups excluding carboxylic acids is 1. The smallest absolute Gasteiger partial charge is 0.273 e. The van der Waals surface area contributed by atoms with Crippen molar-refractivity contribution in [3.05, 3.63) is 89.8 Å². The maximum Gasteiger partial charge on any atom is 0.273 e. The summed E-state index contributed by atoms with van der Waals surface area (Å²) in [4.78, 5) is 27.1. The van der Waals surface area contributed by atoms with E-state index in [-0.39, 0.29) is 19.8 Å². The van der Waals surface area contributed by atoms with E-state index in [1.54, 1.807) is 54.6 Å². The Morgan fingerprint density at radius 3 is 2.17 bits per heavy atom. The van der Waals surface area contributed by atoms with Crippen molar-refractivity contribution in [2.45, 2.75) is 0 Å². The monoisotopic (exact) mass is 611 g/mol. The topological polar surface area (TPSA) is 112 Å². The normalized spacial score (nSPS) is 11.9. The number of thiazole rings is 1. The summed E-state index contributed by atoms with van der Waals surface area (Å²) in [5.41, 5.74) is 0.532. The number of methoxy groups -OCH3 is 4. The number of nitrogens with zero attached hydrogens (tertiary/aromatic N) is 2. The summed E-state index contributed by atoms with van der Waals surface area (Å²) in [6, 6.07) is 16.5. The van der Waals surface area contributed by atoms with Crippen molar-refractivity contribution < 1.29 is 23.7 Å². The number of ether oxygens (including phenoxy) is 4. The van der Waals surface area contributed by atoms with Gasteiger partial charge in [-0.2, -0.15) is 5.26 Å². The molecular weight excluding hydrogens is 589 g/mol. The fourth-order valence-corrected chi connectivity index (χ4v) is 5.46. The Bertz CT molecular complexity index is 1840. The SMILES string of the molecule is COc1ccc(NC(=O)/C(C#N)=c2/s/c(=C\c3ccc(OC)c(OC)c3OC)c(=O)n2-c2ccc(Cl)cc2)cc1Cl. The number of rotatable bonds is 8. The Balaban J connectivity index is 1.97. The number of hydrogen-bond donors (Lipinski definition) is 1. The first kappa shape index (κ1) is 29.6. The zero-order chi connectivity index (χ0) is 29.7. The van der Waals surface area contributed by atoms with Gasteiger partial charge in [0.2, 0.25) is 5.75 Å². The van der Waals surface area contributed by atoms with E-state index in [0.717, 1.165) is 11.3 Å². The van der Waals surface area contributed by atoms with Crippen molar-refractivity contribution in [3.8, 4) is 34.8 Å². The molecule has 12 heteroatoms. The molecule has 0 saturated carbocycles. The minimum absolute atomic E-state index is 0.114. The van der Waals surface area contributed by atoms with Crippen LogP contribution in [0.15, 0.2) is 59.4 Å². The molecule has 1 N–H and O–H groups in total. The molecule has 0 aliphatic carbocycles. The second-order valence-corrected chi connectivity index (χ2v) is 10.1. The lowest BCUT2D eigenvalue weighted by molar-refractivity contribution is -0.111. The summed E-state index contributed by atoms with van der Waals surface area (Å²) in [7, 11) is 5.92. The number of carbonyl (C=O) groups is 1. The summed E-state index contributed by atoms with van der Waals surface area (Å²) in [5.74, 6) is 0.836. The number of benzene rings is 3. The third-order valence-corrected chi connectivity index (χ3v) is 7.53. The van der Waals surface area contributed by atoms with Gasteiger partial charge in [-0.1, -0.05) is 23.2 Å². The van der Waals surface area contributed by atoms with Crippen LogP contribution in [0.25, 0.3) is 17.3 Å². The van der Waals surface area contributed by atoms with Gasteiger partial charge in [-0.05, 0) is 60.7 Å². The molecule has 1 aromatic heterocycles. The Hall–Kier alpha value is -4.43. The van der Waals surface area contributed by atoms with Crippen LogP contribution in [0.2, 0.25) is 10.0 Å². The van der Waals surface area contributed by atoms with E-state index in [0.29, 0.717) is 45.0 Å². The second kappa shape index (κ2) is 12.8. The molecule has 1 heterocycles. The van der Waals surface area contributed by atoms with E-state index in [2.05, 4.69) is 5.32 Å². The zero-order valence-electron chi connectivity index (χ0n) is 22.3. The highest BCUT2D eigenvalue weighted by atomic mass is 35.5. The van der Waals surface area contributed by atoms with E-state index in [9.17, 15) is 14.9 Å². The van der Waals surface area contributed by atoms with Crippen molar-refractivity contribution >= 4 is 57.8 Å². The zero-order valence-corrected chi connectivity index (χ0v) is 24.6. The van der Waals surface area contributed by atoms with Crippen LogP contribution in [0.5, 0.6) is 23.0 Å². The maximum atomic E-state index is 13.8. The van der Waals surface area contributed by atoms with Gasteiger partial charge < -0.3 is 24.3 Å². The van der Waals surface area contributed by atoms with E-state index in [1.165, 1.54) is 39.1 Å². The maximum absolute atomic E-state index is 13.8. The predicted octanol–water partition coefficient (Wildman–Crippen LogP) is 4.38. The number of hydrogen-bond acceptors (Lipinski definition) is 8. The van der Waals surface area contributed by atoms with Gasteiger partial charge in [-0.15, -0.1) is 11.3 Å². The van der Waals surface area contributed by atoms with Crippen LogP contribution < -0.4 is 39.0 Å². The highest BCUT2D eigenvalue weighted by Crippen LogP contribution is 2.40. The minimum Gasteiger partial charge on any atom is -0.495 e. The summed E-state index contributed by atoms with van der Waals surface area (Å²) in [6.45, 7) is 0. The van der Waals surface area contributed by atoms with Gasteiger partial charge in [-0.3, -0.25) is 14.2 Å². The van der Waals surface area contributed by atoms with Gasteiger partial charge in [-0.25, -0.2) is 0 Å². The number of amides is 1. The van der Waals surface area contributed by atoms with Gasteiger partial charge in [0, 0.05) is 16.3 Å². The molecule has 0 unspecified atom stereocenters. The van der Waals surface area contributed by atoms with Gasteiger partial charge in [0.05, 0.1) is 43.7 Å². The third kappa shape index (κ3) is 6.02. The van der Waals surface area contributed by atoms with Gasteiger partial charge >= 0.3 is 0 Å². The van der Waals surface area contributed by atoms with Crippen molar-refractivity contribution in [2.24, 2.45) is 0 Å². The summed E-state index contributed by atoms with van der Waals surface area (Å²) < 4.78 is 23.2. The Labute approximate surface area is 249 Å². The number of aromatic nitrogens is 1. The highest BCUT2D eigenvalue weighted by molar-refractivity contribution is 7.07. The molecule has 0 saturated heterocycles. The molecule has 0 atom stereocenters. The van der Waals surface area contributed by atoms with Crippen molar-refractivity contribution in [2.75, 3.05) is 33.8 Å². The van der Waals surface area contributed by atoms with Crippen LogP contribution in [0.3, 0.4) is 0 Å². The average molecular weight is 612 g/mol. The fraction of sp³-hybridized carbons (Fsp3) is 0.138. The molecule has 0 aliphatic rings. The molecule has 4 aromatic rings.